The summed E-state index contributed by atoms with van der Waals surface area (Å²) >= 11 is 0. The summed E-state index contributed by atoms with van der Waals surface area (Å²) in [7, 11) is 1.48. The van der Waals surface area contributed by atoms with Crippen LogP contribution in [-0.4, -0.2) is 37.2 Å². The molecule has 1 N–H and O–H groups in total. The third-order valence-electron chi connectivity index (χ3n) is 2.54. The molecule has 0 saturated carbocycles. The molecule has 0 unspecified atom stereocenters. The summed E-state index contributed by atoms with van der Waals surface area (Å²) < 4.78 is 36.4. The van der Waals surface area contributed by atoms with Crippen molar-refractivity contribution in [1.82, 2.24) is 10.2 Å². The standard InChI is InChI=1S/C9H15F3N2O/c1-13-8(15)14-4-2-3-7(6-14)5-9(10,11)12/h7H,2-6H2,1H3,(H,13,15)/t7-/m1/s1. The van der Waals surface area contributed by atoms with Gasteiger partial charge < -0.3 is 10.2 Å². The van der Waals surface area contributed by atoms with Gasteiger partial charge in [-0.25, -0.2) is 4.79 Å². The first-order valence-electron chi connectivity index (χ1n) is 4.96. The average molecular weight is 224 g/mol. The molecule has 0 bridgehead atoms. The topological polar surface area (TPSA) is 32.3 Å². The van der Waals surface area contributed by atoms with Crippen LogP contribution >= 0.6 is 0 Å². The van der Waals surface area contributed by atoms with Crippen LogP contribution in [0.1, 0.15) is 19.3 Å². The third-order valence-corrected chi connectivity index (χ3v) is 2.54. The third kappa shape index (κ3) is 3.97. The Bertz CT molecular complexity index is 230. The number of piperidine rings is 1. The maximum absolute atomic E-state index is 12.1. The van der Waals surface area contributed by atoms with Crippen LogP contribution in [0.4, 0.5) is 18.0 Å². The van der Waals surface area contributed by atoms with Gasteiger partial charge in [0, 0.05) is 26.6 Å². The van der Waals surface area contributed by atoms with E-state index in [4.69, 9.17) is 0 Å². The highest BCUT2D eigenvalue weighted by molar-refractivity contribution is 5.73. The second-order valence-electron chi connectivity index (χ2n) is 3.83. The number of likely N-dealkylation sites (tertiary alicyclic amines) is 1. The van der Waals surface area contributed by atoms with Crippen molar-refractivity contribution in [2.75, 3.05) is 20.1 Å². The molecule has 0 aromatic carbocycles. The minimum Gasteiger partial charge on any atom is -0.341 e. The van der Waals surface area contributed by atoms with Crippen molar-refractivity contribution in [3.8, 4) is 0 Å². The van der Waals surface area contributed by atoms with Gasteiger partial charge in [0.2, 0.25) is 0 Å². The van der Waals surface area contributed by atoms with Gasteiger partial charge in [-0.15, -0.1) is 0 Å². The van der Waals surface area contributed by atoms with Gasteiger partial charge in [-0.1, -0.05) is 0 Å². The molecule has 3 nitrogen and oxygen atoms in total. The van der Waals surface area contributed by atoms with E-state index >= 15 is 0 Å². The molecule has 6 heteroatoms. The van der Waals surface area contributed by atoms with Gasteiger partial charge in [0.1, 0.15) is 0 Å². The molecule has 0 spiro atoms. The molecular weight excluding hydrogens is 209 g/mol. The first kappa shape index (κ1) is 12.1. The van der Waals surface area contributed by atoms with Gasteiger partial charge in [-0.05, 0) is 18.8 Å². The van der Waals surface area contributed by atoms with Crippen LogP contribution in [0.15, 0.2) is 0 Å². The number of hydrogen-bond donors (Lipinski definition) is 1. The Hall–Kier alpha value is -0.940. The zero-order valence-electron chi connectivity index (χ0n) is 8.60. The molecule has 0 radical (unpaired) electrons. The van der Waals surface area contributed by atoms with Gasteiger partial charge in [0.25, 0.3) is 0 Å². The number of amides is 2. The summed E-state index contributed by atoms with van der Waals surface area (Å²) in [5.41, 5.74) is 0. The number of nitrogens with zero attached hydrogens (tertiary/aromatic N) is 1. The van der Waals surface area contributed by atoms with E-state index in [0.29, 0.717) is 19.4 Å². The van der Waals surface area contributed by atoms with Gasteiger partial charge in [0.05, 0.1) is 0 Å². The Labute approximate surface area is 86.6 Å². The van der Waals surface area contributed by atoms with Gasteiger partial charge in [0.15, 0.2) is 0 Å². The summed E-state index contributed by atoms with van der Waals surface area (Å²) in [5.74, 6) is -0.448. The summed E-state index contributed by atoms with van der Waals surface area (Å²) in [6.07, 6.45) is -3.72. The number of carbonyl (C=O) groups excluding carboxylic acids is 1. The molecule has 1 saturated heterocycles. The van der Waals surface area contributed by atoms with Gasteiger partial charge in [-0.3, -0.25) is 0 Å². The zero-order chi connectivity index (χ0) is 11.5. The Kier molecular flexibility index (Phi) is 3.82. The second-order valence-corrected chi connectivity index (χ2v) is 3.83. The second kappa shape index (κ2) is 4.72. The largest absolute Gasteiger partial charge is 0.389 e. The molecule has 88 valence electrons. The Balaban J connectivity index is 2.46. The van der Waals surface area contributed by atoms with E-state index in [1.165, 1.54) is 11.9 Å². The maximum atomic E-state index is 12.1. The highest BCUT2D eigenvalue weighted by atomic mass is 19.4. The molecule has 1 atom stereocenters. The van der Waals surface area contributed by atoms with Crippen molar-refractivity contribution >= 4 is 6.03 Å². The first-order valence-corrected chi connectivity index (χ1v) is 4.96. The van der Waals surface area contributed by atoms with Crippen LogP contribution in [0, 0.1) is 5.92 Å². The lowest BCUT2D eigenvalue weighted by Gasteiger charge is -2.32. The van der Waals surface area contributed by atoms with Crippen LogP contribution < -0.4 is 5.32 Å². The lowest BCUT2D eigenvalue weighted by molar-refractivity contribution is -0.147. The number of carbonyl (C=O) groups is 1. The van der Waals surface area contributed by atoms with Gasteiger partial charge >= 0.3 is 12.2 Å². The number of alkyl halides is 3. The molecule has 15 heavy (non-hydrogen) atoms. The molecule has 1 fully saturated rings. The molecule has 0 aromatic heterocycles. The van der Waals surface area contributed by atoms with Crippen LogP contribution in [0.25, 0.3) is 0 Å². The van der Waals surface area contributed by atoms with E-state index in [2.05, 4.69) is 5.32 Å². The molecule has 1 aliphatic heterocycles. The van der Waals surface area contributed by atoms with Crippen LogP contribution in [-0.2, 0) is 0 Å². The molecule has 0 aromatic rings. The monoisotopic (exact) mass is 224 g/mol. The van der Waals surface area contributed by atoms with Crippen molar-refractivity contribution in [2.24, 2.45) is 5.92 Å². The summed E-state index contributed by atoms with van der Waals surface area (Å²) in [6, 6.07) is -0.290. The summed E-state index contributed by atoms with van der Waals surface area (Å²) in [6.45, 7) is 0.757. The summed E-state index contributed by atoms with van der Waals surface area (Å²) in [5, 5.41) is 2.42. The minimum atomic E-state index is -4.13. The Morgan fingerprint density at radius 1 is 1.53 bits per heavy atom. The highest BCUT2D eigenvalue weighted by Crippen LogP contribution is 2.29. The highest BCUT2D eigenvalue weighted by Gasteiger charge is 2.34. The fraction of sp³-hybridized carbons (Fsp3) is 0.889. The molecule has 2 amide bonds. The van der Waals surface area contributed by atoms with Crippen LogP contribution in [0.3, 0.4) is 0 Å². The number of rotatable bonds is 1. The van der Waals surface area contributed by atoms with E-state index in [1.54, 1.807) is 0 Å². The van der Waals surface area contributed by atoms with E-state index in [1.807, 2.05) is 0 Å². The van der Waals surface area contributed by atoms with Crippen molar-refractivity contribution < 1.29 is 18.0 Å². The summed E-state index contributed by atoms with van der Waals surface area (Å²) in [4.78, 5) is 12.7. The van der Waals surface area contributed by atoms with Crippen LogP contribution in [0.2, 0.25) is 0 Å². The molecule has 1 heterocycles. The smallest absolute Gasteiger partial charge is 0.341 e. The molecular formula is C9H15F3N2O. The van der Waals surface area contributed by atoms with Crippen molar-refractivity contribution in [3.05, 3.63) is 0 Å². The minimum absolute atomic E-state index is 0.208. The Morgan fingerprint density at radius 2 is 2.20 bits per heavy atom. The first-order chi connectivity index (χ1) is 6.92. The fourth-order valence-corrected chi connectivity index (χ4v) is 1.90. The van der Waals surface area contributed by atoms with Crippen molar-refractivity contribution in [1.29, 1.82) is 0 Å². The van der Waals surface area contributed by atoms with E-state index in [0.717, 1.165) is 0 Å². The van der Waals surface area contributed by atoms with E-state index < -0.39 is 18.5 Å². The van der Waals surface area contributed by atoms with E-state index in [-0.39, 0.29) is 12.6 Å². The lowest BCUT2D eigenvalue weighted by Crippen LogP contribution is -2.45. The quantitative estimate of drug-likeness (QED) is 0.725. The zero-order valence-corrected chi connectivity index (χ0v) is 8.60. The lowest BCUT2D eigenvalue weighted by atomic mass is 9.95. The SMILES string of the molecule is CNC(=O)N1CCC[C@H](CC(F)(F)F)C1. The van der Waals surface area contributed by atoms with Gasteiger partial charge in [-0.2, -0.15) is 13.2 Å². The number of halogens is 3. The fourth-order valence-electron chi connectivity index (χ4n) is 1.90. The predicted molar refractivity (Wildman–Crippen MR) is 49.4 cm³/mol. The van der Waals surface area contributed by atoms with Crippen molar-refractivity contribution in [2.45, 2.75) is 25.4 Å². The van der Waals surface area contributed by atoms with Crippen LogP contribution in [0.5, 0.6) is 0 Å². The predicted octanol–water partition coefficient (Wildman–Crippen LogP) is 1.99. The molecule has 0 aliphatic carbocycles. The molecule has 1 rings (SSSR count). The average Bonchev–Trinajstić information content (AvgIpc) is 2.14. The number of hydrogen-bond acceptors (Lipinski definition) is 1. The van der Waals surface area contributed by atoms with E-state index in [9.17, 15) is 18.0 Å². The number of urea groups is 1. The Morgan fingerprint density at radius 3 is 2.73 bits per heavy atom. The maximum Gasteiger partial charge on any atom is 0.389 e. The number of nitrogens with one attached hydrogen (secondary N) is 1. The van der Waals surface area contributed by atoms with Crippen molar-refractivity contribution in [3.63, 3.8) is 0 Å². The normalized spacial score (nSPS) is 22.7. The molecule has 1 aliphatic rings.